The van der Waals surface area contributed by atoms with E-state index in [1.165, 1.54) is 7.05 Å². The molecule has 1 heterocycles. The van der Waals surface area contributed by atoms with Crippen molar-refractivity contribution in [2.75, 3.05) is 30.4 Å². The molecular formula is C33H41N5O5. The third-order valence-corrected chi connectivity index (χ3v) is 7.26. The molecule has 5 N–H and O–H groups in total. The summed E-state index contributed by atoms with van der Waals surface area (Å²) >= 11 is 0. The molecule has 228 valence electrons. The molecule has 0 saturated carbocycles. The minimum atomic E-state index is -0.765. The zero-order valence-corrected chi connectivity index (χ0v) is 25.1. The third kappa shape index (κ3) is 8.56. The van der Waals surface area contributed by atoms with Crippen molar-refractivity contribution in [3.63, 3.8) is 0 Å². The van der Waals surface area contributed by atoms with Crippen LogP contribution in [0.2, 0.25) is 0 Å². The predicted molar refractivity (Wildman–Crippen MR) is 168 cm³/mol. The molecule has 10 nitrogen and oxygen atoms in total. The van der Waals surface area contributed by atoms with E-state index in [0.29, 0.717) is 13.1 Å². The maximum Gasteiger partial charge on any atom is 0.407 e. The molecule has 10 heteroatoms. The summed E-state index contributed by atoms with van der Waals surface area (Å²) in [6.45, 7) is 6.54. The summed E-state index contributed by atoms with van der Waals surface area (Å²) < 4.78 is 5.26. The van der Waals surface area contributed by atoms with Gasteiger partial charge in [0.2, 0.25) is 5.91 Å². The summed E-state index contributed by atoms with van der Waals surface area (Å²) in [5.74, 6) is -0.459. The Hall–Kier alpha value is -4.41. The standard InChI is InChI=1S/C33H41N5O5/c1-22(39)18-36-33(2,3)17-30(40)37-28-19-35-27-11-7-8-12-29(27)38(31(28)41)20-23-13-15-24(16-14-23)26-10-6-5-9-25(26)21-43-32(42)34-4/h5-16,22,28,35-36,39H,17-21H2,1-4H3,(H,34,42)(H,37,40)/t22-,28+/m1/s1. The summed E-state index contributed by atoms with van der Waals surface area (Å²) in [7, 11) is 1.52. The number of β-amino-alcohol motifs (C(OH)–C–C–N with tert-alkyl or cyclic N) is 1. The lowest BCUT2D eigenvalue weighted by atomic mass is 9.99. The van der Waals surface area contributed by atoms with Crippen LogP contribution in [-0.2, 0) is 27.5 Å². The molecule has 1 aliphatic heterocycles. The number of ether oxygens (including phenoxy) is 1. The smallest absolute Gasteiger partial charge is 0.407 e. The zero-order valence-electron chi connectivity index (χ0n) is 25.1. The van der Waals surface area contributed by atoms with Crippen molar-refractivity contribution in [2.24, 2.45) is 0 Å². The fraction of sp³-hybridized carbons (Fsp3) is 0.364. The minimum absolute atomic E-state index is 0.143. The van der Waals surface area contributed by atoms with Crippen molar-refractivity contribution in [1.29, 1.82) is 0 Å². The van der Waals surface area contributed by atoms with E-state index in [4.69, 9.17) is 4.74 Å². The Morgan fingerprint density at radius 2 is 1.77 bits per heavy atom. The van der Waals surface area contributed by atoms with Gasteiger partial charge in [-0.2, -0.15) is 0 Å². The Bertz CT molecular complexity index is 1420. The largest absolute Gasteiger partial charge is 0.445 e. The van der Waals surface area contributed by atoms with Gasteiger partial charge in [0, 0.05) is 32.1 Å². The van der Waals surface area contributed by atoms with Gasteiger partial charge in [0.05, 0.1) is 24.0 Å². The molecule has 0 spiro atoms. The van der Waals surface area contributed by atoms with Crippen molar-refractivity contribution < 1.29 is 24.2 Å². The van der Waals surface area contributed by atoms with Crippen molar-refractivity contribution >= 4 is 29.3 Å². The van der Waals surface area contributed by atoms with E-state index in [-0.39, 0.29) is 31.4 Å². The highest BCUT2D eigenvalue weighted by atomic mass is 16.5. The quantitative estimate of drug-likeness (QED) is 0.231. The second kappa shape index (κ2) is 14.2. The van der Waals surface area contributed by atoms with Crippen LogP contribution in [0.15, 0.2) is 72.8 Å². The van der Waals surface area contributed by atoms with E-state index in [1.54, 1.807) is 11.8 Å². The molecule has 0 radical (unpaired) electrons. The molecule has 0 bridgehead atoms. The molecule has 0 aromatic heterocycles. The summed E-state index contributed by atoms with van der Waals surface area (Å²) in [5.41, 5.74) is 4.70. The van der Waals surface area contributed by atoms with Crippen LogP contribution in [0.4, 0.5) is 16.2 Å². The second-order valence-electron chi connectivity index (χ2n) is 11.4. The molecule has 3 aromatic rings. The Kier molecular flexibility index (Phi) is 10.4. The van der Waals surface area contributed by atoms with Gasteiger partial charge in [0.15, 0.2) is 0 Å². The van der Waals surface area contributed by atoms with Crippen LogP contribution in [0, 0.1) is 0 Å². The normalized spacial score (nSPS) is 15.5. The number of amides is 3. The topological polar surface area (TPSA) is 132 Å². The Labute approximate surface area is 252 Å². The average Bonchev–Trinajstić information content (AvgIpc) is 3.11. The Morgan fingerprint density at radius 1 is 1.07 bits per heavy atom. The van der Waals surface area contributed by atoms with Crippen LogP contribution in [0.25, 0.3) is 11.1 Å². The fourth-order valence-corrected chi connectivity index (χ4v) is 4.99. The minimum Gasteiger partial charge on any atom is -0.445 e. The summed E-state index contributed by atoms with van der Waals surface area (Å²) in [6.07, 6.45) is -0.879. The highest BCUT2D eigenvalue weighted by Crippen LogP contribution is 2.31. The second-order valence-corrected chi connectivity index (χ2v) is 11.4. The van der Waals surface area contributed by atoms with E-state index in [0.717, 1.165) is 33.6 Å². The average molecular weight is 588 g/mol. The first-order valence-corrected chi connectivity index (χ1v) is 14.4. The van der Waals surface area contributed by atoms with Crippen molar-refractivity contribution in [3.8, 4) is 11.1 Å². The van der Waals surface area contributed by atoms with E-state index in [2.05, 4.69) is 21.3 Å². The monoisotopic (exact) mass is 587 g/mol. The number of fused-ring (bicyclic) bond motifs is 1. The molecule has 0 fully saturated rings. The number of hydrogen-bond acceptors (Lipinski definition) is 7. The number of aliphatic hydroxyl groups is 1. The van der Waals surface area contributed by atoms with Crippen LogP contribution in [0.1, 0.15) is 38.3 Å². The van der Waals surface area contributed by atoms with E-state index in [1.807, 2.05) is 86.6 Å². The first-order valence-electron chi connectivity index (χ1n) is 14.4. The number of carbonyl (C=O) groups is 3. The number of rotatable bonds is 11. The van der Waals surface area contributed by atoms with Crippen molar-refractivity contribution in [3.05, 3.63) is 83.9 Å². The molecule has 4 rings (SSSR count). The number of anilines is 2. The lowest BCUT2D eigenvalue weighted by Gasteiger charge is -2.29. The number of alkyl carbamates (subject to hydrolysis) is 1. The summed E-state index contributed by atoms with van der Waals surface area (Å²) in [5, 5.41) is 21.5. The van der Waals surface area contributed by atoms with E-state index >= 15 is 0 Å². The highest BCUT2D eigenvalue weighted by Gasteiger charge is 2.32. The van der Waals surface area contributed by atoms with Crippen LogP contribution in [-0.4, -0.2) is 60.8 Å². The maximum atomic E-state index is 13.9. The fourth-order valence-electron chi connectivity index (χ4n) is 4.99. The van der Waals surface area contributed by atoms with Gasteiger partial charge in [0.1, 0.15) is 12.6 Å². The van der Waals surface area contributed by atoms with Crippen molar-refractivity contribution in [1.82, 2.24) is 16.0 Å². The lowest BCUT2D eigenvalue weighted by Crippen LogP contribution is -2.53. The molecule has 43 heavy (non-hydrogen) atoms. The van der Waals surface area contributed by atoms with Crippen LogP contribution in [0.3, 0.4) is 0 Å². The Balaban J connectivity index is 1.51. The Morgan fingerprint density at radius 3 is 2.49 bits per heavy atom. The van der Waals surface area contributed by atoms with Gasteiger partial charge in [-0.3, -0.25) is 9.59 Å². The van der Waals surface area contributed by atoms with Gasteiger partial charge in [-0.1, -0.05) is 60.7 Å². The molecule has 3 aromatic carbocycles. The van der Waals surface area contributed by atoms with Crippen LogP contribution in [0.5, 0.6) is 0 Å². The molecule has 3 amide bonds. The maximum absolute atomic E-state index is 13.9. The molecular weight excluding hydrogens is 546 g/mol. The van der Waals surface area contributed by atoms with Gasteiger partial charge in [-0.05, 0) is 55.2 Å². The third-order valence-electron chi connectivity index (χ3n) is 7.26. The van der Waals surface area contributed by atoms with E-state index in [9.17, 15) is 19.5 Å². The molecule has 0 aliphatic carbocycles. The van der Waals surface area contributed by atoms with Crippen molar-refractivity contribution in [2.45, 2.75) is 58.0 Å². The number of hydrogen-bond donors (Lipinski definition) is 5. The summed E-state index contributed by atoms with van der Waals surface area (Å²) in [6, 6.07) is 22.5. The summed E-state index contributed by atoms with van der Waals surface area (Å²) in [4.78, 5) is 40.2. The number of nitrogens with one attached hydrogen (secondary N) is 4. The lowest BCUT2D eigenvalue weighted by molar-refractivity contribution is -0.128. The zero-order chi connectivity index (χ0) is 31.0. The van der Waals surface area contributed by atoms with Gasteiger partial charge in [-0.25, -0.2) is 4.79 Å². The molecule has 2 atom stereocenters. The number of aliphatic hydroxyl groups excluding tert-OH is 1. The number of carbonyl (C=O) groups excluding carboxylic acids is 3. The number of para-hydroxylation sites is 2. The molecule has 0 unspecified atom stereocenters. The van der Waals surface area contributed by atoms with Gasteiger partial charge in [-0.15, -0.1) is 0 Å². The SMILES string of the molecule is CNC(=O)OCc1ccccc1-c1ccc(CN2C(=O)[C@@H](NC(=O)CC(C)(C)NC[C@@H](C)O)CNc3ccccc32)cc1. The van der Waals surface area contributed by atoms with Gasteiger partial charge < -0.3 is 36.0 Å². The molecule has 1 aliphatic rings. The highest BCUT2D eigenvalue weighted by molar-refractivity contribution is 6.03. The van der Waals surface area contributed by atoms with Gasteiger partial charge >= 0.3 is 6.09 Å². The van der Waals surface area contributed by atoms with Gasteiger partial charge in [0.25, 0.3) is 5.91 Å². The first-order chi connectivity index (χ1) is 20.6. The van der Waals surface area contributed by atoms with Crippen LogP contribution < -0.4 is 26.2 Å². The molecule has 0 saturated heterocycles. The first kappa shape index (κ1) is 31.5. The van der Waals surface area contributed by atoms with E-state index < -0.39 is 23.8 Å². The number of benzene rings is 3. The predicted octanol–water partition coefficient (Wildman–Crippen LogP) is 3.79. The number of nitrogens with zero attached hydrogens (tertiary/aromatic N) is 1. The van der Waals surface area contributed by atoms with Crippen LogP contribution >= 0.6 is 0 Å².